The van der Waals surface area contributed by atoms with E-state index in [0.717, 1.165) is 0 Å². The molecule has 0 aromatic carbocycles. The molecule has 0 aromatic rings. The third kappa shape index (κ3) is 2.86. The second-order valence-electron chi connectivity index (χ2n) is 6.25. The Labute approximate surface area is 117 Å². The minimum Gasteiger partial charge on any atom is -0.548 e. The smallest absolute Gasteiger partial charge is 0.408 e. The van der Waals surface area contributed by atoms with Crippen LogP contribution < -0.4 is 10.4 Å². The molecule has 2 amide bonds. The van der Waals surface area contributed by atoms with Crippen LogP contribution >= 0.6 is 0 Å². The van der Waals surface area contributed by atoms with Crippen LogP contribution in [0.3, 0.4) is 0 Å². The molecule has 7 heteroatoms. The Bertz CT molecular complexity index is 443. The number of carbonyl (C=O) groups is 3. The Morgan fingerprint density at radius 3 is 2.55 bits per heavy atom. The van der Waals surface area contributed by atoms with Crippen LogP contribution in [0, 0.1) is 0 Å². The van der Waals surface area contributed by atoms with Crippen molar-refractivity contribution in [2.45, 2.75) is 63.8 Å². The molecular weight excluding hydrogens is 264 g/mol. The Hall–Kier alpha value is -1.79. The van der Waals surface area contributed by atoms with Crippen LogP contribution in [0.25, 0.3) is 0 Å². The van der Waals surface area contributed by atoms with E-state index in [1.165, 1.54) is 4.90 Å². The van der Waals surface area contributed by atoms with Crippen molar-refractivity contribution in [2.75, 3.05) is 0 Å². The summed E-state index contributed by atoms with van der Waals surface area (Å²) in [5, 5.41) is 13.5. The van der Waals surface area contributed by atoms with Crippen molar-refractivity contribution in [3.63, 3.8) is 0 Å². The zero-order chi connectivity index (χ0) is 15.1. The molecule has 0 saturated carbocycles. The van der Waals surface area contributed by atoms with Gasteiger partial charge >= 0.3 is 6.09 Å². The molecule has 2 fully saturated rings. The molecular formula is C13H19N2O5-. The number of carboxylic acid groups (broad SMARTS) is 1. The molecule has 0 bridgehead atoms. The highest BCUT2D eigenvalue weighted by atomic mass is 16.6. The number of rotatable bonds is 2. The van der Waals surface area contributed by atoms with Crippen LogP contribution in [0.15, 0.2) is 0 Å². The van der Waals surface area contributed by atoms with E-state index in [1.54, 1.807) is 20.8 Å². The predicted octanol–water partition coefficient (Wildman–Crippen LogP) is -0.607. The molecule has 2 rings (SSSR count). The normalized spacial score (nSPS) is 29.2. The number of nitrogens with zero attached hydrogens (tertiary/aromatic N) is 1. The van der Waals surface area contributed by atoms with Gasteiger partial charge in [-0.3, -0.25) is 4.79 Å². The standard InChI is InChI=1S/C13H20N2O5/c1-13(2,3)20-12(19)14-8-6-7-4-5-9(11(17)18)15(7)10(8)16/h7-9H,4-6H2,1-3H3,(H,14,19)(H,17,18)/p-1. The van der Waals surface area contributed by atoms with Gasteiger partial charge in [0.05, 0.1) is 12.0 Å². The van der Waals surface area contributed by atoms with E-state index in [0.29, 0.717) is 19.3 Å². The van der Waals surface area contributed by atoms with Gasteiger partial charge in [-0.2, -0.15) is 0 Å². The highest BCUT2D eigenvalue weighted by Gasteiger charge is 2.47. The maximum Gasteiger partial charge on any atom is 0.408 e. The van der Waals surface area contributed by atoms with E-state index in [2.05, 4.69) is 5.32 Å². The third-order valence-electron chi connectivity index (χ3n) is 3.53. The van der Waals surface area contributed by atoms with Gasteiger partial charge in [-0.15, -0.1) is 0 Å². The minimum absolute atomic E-state index is 0.134. The van der Waals surface area contributed by atoms with E-state index in [-0.39, 0.29) is 11.9 Å². The molecule has 2 heterocycles. The van der Waals surface area contributed by atoms with Gasteiger partial charge in [0.15, 0.2) is 0 Å². The monoisotopic (exact) mass is 283 g/mol. The van der Waals surface area contributed by atoms with Crippen LogP contribution in [0.1, 0.15) is 40.0 Å². The molecule has 7 nitrogen and oxygen atoms in total. The molecule has 3 unspecified atom stereocenters. The van der Waals surface area contributed by atoms with Gasteiger partial charge in [0, 0.05) is 6.04 Å². The first-order chi connectivity index (χ1) is 9.19. The Balaban J connectivity index is 1.98. The lowest BCUT2D eigenvalue weighted by atomic mass is 10.1. The largest absolute Gasteiger partial charge is 0.548 e. The first kappa shape index (κ1) is 14.6. The number of ether oxygens (including phenoxy) is 1. The van der Waals surface area contributed by atoms with Crippen LogP contribution in [0.5, 0.6) is 0 Å². The van der Waals surface area contributed by atoms with Crippen LogP contribution in [0.4, 0.5) is 4.79 Å². The second-order valence-corrected chi connectivity index (χ2v) is 6.25. The SMILES string of the molecule is CC(C)(C)OC(=O)NC1CC2CCC(C(=O)[O-])N2C1=O. The average molecular weight is 283 g/mol. The molecule has 0 radical (unpaired) electrons. The van der Waals surface area contributed by atoms with Gasteiger partial charge in [-0.25, -0.2) is 4.79 Å². The fourth-order valence-corrected chi connectivity index (χ4v) is 2.80. The summed E-state index contributed by atoms with van der Waals surface area (Å²) in [6.45, 7) is 5.19. The Morgan fingerprint density at radius 2 is 2.00 bits per heavy atom. The van der Waals surface area contributed by atoms with Crippen molar-refractivity contribution in [3.8, 4) is 0 Å². The number of alkyl carbamates (subject to hydrolysis) is 1. The van der Waals surface area contributed by atoms with Crippen molar-refractivity contribution >= 4 is 18.0 Å². The lowest BCUT2D eigenvalue weighted by Gasteiger charge is -2.25. The number of aliphatic carboxylic acids is 1. The summed E-state index contributed by atoms with van der Waals surface area (Å²) >= 11 is 0. The summed E-state index contributed by atoms with van der Waals surface area (Å²) in [7, 11) is 0. The fourth-order valence-electron chi connectivity index (χ4n) is 2.80. The van der Waals surface area contributed by atoms with Crippen molar-refractivity contribution in [2.24, 2.45) is 0 Å². The lowest BCUT2D eigenvalue weighted by molar-refractivity contribution is -0.310. The average Bonchev–Trinajstić information content (AvgIpc) is 2.78. The number of carboxylic acids is 1. The molecule has 112 valence electrons. The fraction of sp³-hybridized carbons (Fsp3) is 0.769. The van der Waals surface area contributed by atoms with Gasteiger partial charge < -0.3 is 24.9 Å². The zero-order valence-electron chi connectivity index (χ0n) is 11.8. The van der Waals surface area contributed by atoms with Gasteiger partial charge in [0.1, 0.15) is 11.6 Å². The summed E-state index contributed by atoms with van der Waals surface area (Å²) in [6, 6.07) is -1.72. The van der Waals surface area contributed by atoms with E-state index < -0.39 is 29.7 Å². The van der Waals surface area contributed by atoms with Crippen LogP contribution in [0.2, 0.25) is 0 Å². The van der Waals surface area contributed by atoms with E-state index in [1.807, 2.05) is 0 Å². The lowest BCUT2D eigenvalue weighted by Crippen LogP contribution is -2.50. The number of hydrogen-bond donors (Lipinski definition) is 1. The molecule has 0 aromatic heterocycles. The molecule has 0 aliphatic carbocycles. The van der Waals surface area contributed by atoms with E-state index in [4.69, 9.17) is 4.74 Å². The number of carbonyl (C=O) groups excluding carboxylic acids is 3. The quantitative estimate of drug-likeness (QED) is 0.729. The number of fused-ring (bicyclic) bond motifs is 1. The highest BCUT2D eigenvalue weighted by Crippen LogP contribution is 2.33. The predicted molar refractivity (Wildman–Crippen MR) is 66.4 cm³/mol. The first-order valence-corrected chi connectivity index (χ1v) is 6.71. The van der Waals surface area contributed by atoms with Gasteiger partial charge in [-0.05, 0) is 40.0 Å². The van der Waals surface area contributed by atoms with E-state index in [9.17, 15) is 19.5 Å². The molecule has 2 aliphatic heterocycles. The van der Waals surface area contributed by atoms with Crippen molar-refractivity contribution in [1.82, 2.24) is 10.2 Å². The molecule has 2 aliphatic rings. The molecule has 1 N–H and O–H groups in total. The molecule has 0 spiro atoms. The number of nitrogens with one attached hydrogen (secondary N) is 1. The van der Waals surface area contributed by atoms with Crippen molar-refractivity contribution in [3.05, 3.63) is 0 Å². The van der Waals surface area contributed by atoms with E-state index >= 15 is 0 Å². The van der Waals surface area contributed by atoms with Crippen LogP contribution in [-0.2, 0) is 14.3 Å². The molecule has 3 atom stereocenters. The number of amides is 2. The van der Waals surface area contributed by atoms with Gasteiger partial charge in [0.2, 0.25) is 5.91 Å². The Morgan fingerprint density at radius 1 is 1.35 bits per heavy atom. The van der Waals surface area contributed by atoms with Crippen molar-refractivity contribution in [1.29, 1.82) is 0 Å². The highest BCUT2D eigenvalue weighted by molar-refractivity contribution is 5.91. The Kier molecular flexibility index (Phi) is 3.62. The molecule has 20 heavy (non-hydrogen) atoms. The maximum atomic E-state index is 12.2. The summed E-state index contributed by atoms with van der Waals surface area (Å²) in [5.41, 5.74) is -0.643. The third-order valence-corrected chi connectivity index (χ3v) is 3.53. The molecule has 2 saturated heterocycles. The minimum atomic E-state index is -1.24. The van der Waals surface area contributed by atoms with Crippen molar-refractivity contribution < 1.29 is 24.2 Å². The summed E-state index contributed by atoms with van der Waals surface area (Å²) in [6.07, 6.45) is 0.790. The zero-order valence-corrected chi connectivity index (χ0v) is 11.8. The first-order valence-electron chi connectivity index (χ1n) is 6.71. The van der Waals surface area contributed by atoms with Gasteiger partial charge in [0.25, 0.3) is 0 Å². The van der Waals surface area contributed by atoms with Gasteiger partial charge in [-0.1, -0.05) is 0 Å². The topological polar surface area (TPSA) is 98.8 Å². The summed E-state index contributed by atoms with van der Waals surface area (Å²) in [4.78, 5) is 36.1. The maximum absolute atomic E-state index is 12.2. The van der Waals surface area contributed by atoms with Crippen LogP contribution in [-0.4, -0.2) is 46.6 Å². The second kappa shape index (κ2) is 4.96. The summed E-state index contributed by atoms with van der Waals surface area (Å²) in [5.74, 6) is -1.61. The summed E-state index contributed by atoms with van der Waals surface area (Å²) < 4.78 is 5.09. The number of hydrogen-bond acceptors (Lipinski definition) is 5.